The molecule has 1 unspecified atom stereocenters. The smallest absolute Gasteiger partial charge is 0.304 e. The molecule has 1 aromatic rings. The van der Waals surface area contributed by atoms with Crippen LogP contribution in [-0.2, 0) is 10.2 Å². The number of carbonyl (C=O) groups is 1. The SMILES string of the molecule is CCC(C)c1ccc(C2(CC(=O)O)CC2)cc1Br. The standard InChI is InChI=1S/C15H19BrO2/c1-3-10(2)12-5-4-11(8-13(12)16)15(6-7-15)9-14(17)18/h4-5,8,10H,3,6-7,9H2,1-2H3,(H,17,18). The number of benzene rings is 1. The number of rotatable bonds is 5. The molecule has 0 heterocycles. The van der Waals surface area contributed by atoms with E-state index in [9.17, 15) is 4.79 Å². The lowest BCUT2D eigenvalue weighted by atomic mass is 9.89. The van der Waals surface area contributed by atoms with E-state index in [1.807, 2.05) is 0 Å². The molecular formula is C15H19BrO2. The highest BCUT2D eigenvalue weighted by atomic mass is 79.9. The number of hydrogen-bond donors (Lipinski definition) is 1. The van der Waals surface area contributed by atoms with Gasteiger partial charge in [-0.05, 0) is 42.4 Å². The summed E-state index contributed by atoms with van der Waals surface area (Å²) in [6, 6.07) is 6.38. The monoisotopic (exact) mass is 310 g/mol. The van der Waals surface area contributed by atoms with Crippen LogP contribution in [0.3, 0.4) is 0 Å². The zero-order valence-electron chi connectivity index (χ0n) is 10.9. The van der Waals surface area contributed by atoms with Crippen molar-refractivity contribution in [3.63, 3.8) is 0 Å². The van der Waals surface area contributed by atoms with Gasteiger partial charge in [0.1, 0.15) is 0 Å². The van der Waals surface area contributed by atoms with E-state index in [1.165, 1.54) is 11.1 Å². The zero-order valence-corrected chi connectivity index (χ0v) is 12.5. The first-order valence-corrected chi connectivity index (χ1v) is 7.29. The van der Waals surface area contributed by atoms with E-state index in [2.05, 4.69) is 48.0 Å². The minimum Gasteiger partial charge on any atom is -0.481 e. The van der Waals surface area contributed by atoms with Crippen LogP contribution < -0.4 is 0 Å². The van der Waals surface area contributed by atoms with Gasteiger partial charge < -0.3 is 5.11 Å². The van der Waals surface area contributed by atoms with E-state index in [-0.39, 0.29) is 11.8 Å². The predicted octanol–water partition coefficient (Wildman–Crippen LogP) is 4.47. The number of aliphatic carboxylic acids is 1. The number of hydrogen-bond acceptors (Lipinski definition) is 1. The Labute approximate surface area is 117 Å². The van der Waals surface area contributed by atoms with Crippen LogP contribution in [0, 0.1) is 0 Å². The average Bonchev–Trinajstić information content (AvgIpc) is 3.08. The summed E-state index contributed by atoms with van der Waals surface area (Å²) in [4.78, 5) is 10.9. The molecule has 0 bridgehead atoms. The molecule has 0 amide bonds. The molecule has 1 saturated carbocycles. The predicted molar refractivity (Wildman–Crippen MR) is 76.0 cm³/mol. The van der Waals surface area contributed by atoms with Gasteiger partial charge in [0.05, 0.1) is 6.42 Å². The summed E-state index contributed by atoms with van der Waals surface area (Å²) in [7, 11) is 0. The molecule has 18 heavy (non-hydrogen) atoms. The fourth-order valence-corrected chi connectivity index (χ4v) is 3.25. The fraction of sp³-hybridized carbons (Fsp3) is 0.533. The molecule has 2 rings (SSSR count). The van der Waals surface area contributed by atoms with Crippen LogP contribution in [0.5, 0.6) is 0 Å². The Balaban J connectivity index is 2.27. The van der Waals surface area contributed by atoms with Gasteiger partial charge in [-0.1, -0.05) is 41.9 Å². The number of carboxylic acid groups (broad SMARTS) is 1. The highest BCUT2D eigenvalue weighted by Crippen LogP contribution is 2.51. The van der Waals surface area contributed by atoms with Gasteiger partial charge in [0.25, 0.3) is 0 Å². The molecule has 1 atom stereocenters. The Morgan fingerprint density at radius 1 is 1.50 bits per heavy atom. The van der Waals surface area contributed by atoms with Gasteiger partial charge in [-0.3, -0.25) is 4.79 Å². The highest BCUT2D eigenvalue weighted by molar-refractivity contribution is 9.10. The summed E-state index contributed by atoms with van der Waals surface area (Å²) in [5.74, 6) is -0.169. The van der Waals surface area contributed by atoms with E-state index in [0.29, 0.717) is 5.92 Å². The topological polar surface area (TPSA) is 37.3 Å². The summed E-state index contributed by atoms with van der Waals surface area (Å²) >= 11 is 3.63. The van der Waals surface area contributed by atoms with Crippen LogP contribution in [0.15, 0.2) is 22.7 Å². The molecule has 0 radical (unpaired) electrons. The van der Waals surface area contributed by atoms with Gasteiger partial charge in [0.2, 0.25) is 0 Å². The van der Waals surface area contributed by atoms with E-state index >= 15 is 0 Å². The molecule has 2 nitrogen and oxygen atoms in total. The molecular weight excluding hydrogens is 292 g/mol. The summed E-state index contributed by atoms with van der Waals surface area (Å²) in [6.07, 6.45) is 3.35. The highest BCUT2D eigenvalue weighted by Gasteiger charge is 2.46. The molecule has 1 aliphatic carbocycles. The van der Waals surface area contributed by atoms with E-state index < -0.39 is 5.97 Å². The lowest BCUT2D eigenvalue weighted by Crippen LogP contribution is -2.13. The molecule has 0 spiro atoms. The van der Waals surface area contributed by atoms with Crippen molar-refractivity contribution in [3.05, 3.63) is 33.8 Å². The van der Waals surface area contributed by atoms with Crippen LogP contribution in [-0.4, -0.2) is 11.1 Å². The lowest BCUT2D eigenvalue weighted by Gasteiger charge is -2.17. The first kappa shape index (κ1) is 13.6. The van der Waals surface area contributed by atoms with Crippen molar-refractivity contribution in [1.29, 1.82) is 0 Å². The maximum Gasteiger partial charge on any atom is 0.304 e. The normalized spacial score (nSPS) is 18.4. The molecule has 3 heteroatoms. The van der Waals surface area contributed by atoms with Gasteiger partial charge in [0.15, 0.2) is 0 Å². The fourth-order valence-electron chi connectivity index (χ4n) is 2.48. The van der Waals surface area contributed by atoms with E-state index in [1.54, 1.807) is 0 Å². The molecule has 1 fully saturated rings. The molecule has 98 valence electrons. The van der Waals surface area contributed by atoms with Crippen LogP contribution in [0.4, 0.5) is 0 Å². The van der Waals surface area contributed by atoms with Gasteiger partial charge in [-0.15, -0.1) is 0 Å². The second kappa shape index (κ2) is 5.04. The minimum absolute atomic E-state index is 0.0949. The summed E-state index contributed by atoms with van der Waals surface area (Å²) < 4.78 is 1.12. The van der Waals surface area contributed by atoms with Crippen molar-refractivity contribution in [3.8, 4) is 0 Å². The Bertz CT molecular complexity index is 464. The Morgan fingerprint density at radius 2 is 2.17 bits per heavy atom. The van der Waals surface area contributed by atoms with Crippen molar-refractivity contribution in [2.75, 3.05) is 0 Å². The van der Waals surface area contributed by atoms with Crippen molar-refractivity contribution >= 4 is 21.9 Å². The van der Waals surface area contributed by atoms with Crippen LogP contribution >= 0.6 is 15.9 Å². The maximum atomic E-state index is 10.9. The Kier molecular flexibility index (Phi) is 3.81. The Hall–Kier alpha value is -0.830. The van der Waals surface area contributed by atoms with Crippen LogP contribution in [0.1, 0.15) is 56.6 Å². The minimum atomic E-state index is -0.699. The summed E-state index contributed by atoms with van der Waals surface area (Å²) in [5.41, 5.74) is 2.39. The van der Waals surface area contributed by atoms with Crippen molar-refractivity contribution in [2.24, 2.45) is 0 Å². The molecule has 1 aliphatic rings. The van der Waals surface area contributed by atoms with Gasteiger partial charge in [-0.2, -0.15) is 0 Å². The number of halogens is 1. The number of carboxylic acids is 1. The van der Waals surface area contributed by atoms with Crippen molar-refractivity contribution in [1.82, 2.24) is 0 Å². The van der Waals surface area contributed by atoms with Crippen LogP contribution in [0.25, 0.3) is 0 Å². The van der Waals surface area contributed by atoms with Crippen LogP contribution in [0.2, 0.25) is 0 Å². The van der Waals surface area contributed by atoms with Gasteiger partial charge in [-0.25, -0.2) is 0 Å². The molecule has 1 N–H and O–H groups in total. The molecule has 1 aromatic carbocycles. The molecule has 0 aliphatic heterocycles. The first-order valence-electron chi connectivity index (χ1n) is 6.50. The molecule has 0 saturated heterocycles. The van der Waals surface area contributed by atoms with E-state index in [0.717, 1.165) is 23.7 Å². The summed E-state index contributed by atoms with van der Waals surface area (Å²) in [6.45, 7) is 4.39. The van der Waals surface area contributed by atoms with Gasteiger partial charge in [0, 0.05) is 9.89 Å². The second-order valence-corrected chi connectivity index (χ2v) is 6.25. The molecule has 0 aromatic heterocycles. The Morgan fingerprint density at radius 3 is 2.61 bits per heavy atom. The lowest BCUT2D eigenvalue weighted by molar-refractivity contribution is -0.137. The third kappa shape index (κ3) is 2.61. The first-order chi connectivity index (χ1) is 8.48. The third-order valence-corrected chi connectivity index (χ3v) is 4.79. The quantitative estimate of drug-likeness (QED) is 0.871. The zero-order chi connectivity index (χ0) is 13.3. The van der Waals surface area contributed by atoms with Gasteiger partial charge >= 0.3 is 5.97 Å². The average molecular weight is 311 g/mol. The van der Waals surface area contributed by atoms with Crippen molar-refractivity contribution < 1.29 is 9.90 Å². The maximum absolute atomic E-state index is 10.9. The third-order valence-electron chi connectivity index (χ3n) is 4.10. The van der Waals surface area contributed by atoms with Crippen molar-refractivity contribution in [2.45, 2.75) is 50.9 Å². The van der Waals surface area contributed by atoms with E-state index in [4.69, 9.17) is 5.11 Å². The second-order valence-electron chi connectivity index (χ2n) is 5.40. The largest absolute Gasteiger partial charge is 0.481 e. The summed E-state index contributed by atoms with van der Waals surface area (Å²) in [5, 5.41) is 8.99.